The molecule has 0 aliphatic heterocycles. The maximum atomic E-state index is 11.2. The standard InChI is InChI=1S/C10H13N2O2/c1-4-11-5-6-12(7-11)10(8(2)13)9(3)14/h4-7,10H,1H2,2-3H3/q+1. The number of Topliss-reactive ketones (excluding diaryl/α,β-unsaturated/α-hetero) is 2. The molecule has 0 spiro atoms. The number of carbonyl (C=O) groups is 2. The fraction of sp³-hybridized carbons (Fsp3) is 0.300. The van der Waals surface area contributed by atoms with E-state index in [4.69, 9.17) is 0 Å². The Bertz CT molecular complexity index is 365. The Balaban J connectivity index is 3.05. The molecule has 0 fully saturated rings. The van der Waals surface area contributed by atoms with Crippen LogP contribution in [-0.2, 0) is 9.59 Å². The van der Waals surface area contributed by atoms with Gasteiger partial charge >= 0.3 is 0 Å². The molecule has 0 saturated heterocycles. The molecule has 0 bridgehead atoms. The monoisotopic (exact) mass is 193 g/mol. The first-order valence-corrected chi connectivity index (χ1v) is 4.28. The average Bonchev–Trinajstić information content (AvgIpc) is 2.51. The Morgan fingerprint density at radius 2 is 2.00 bits per heavy atom. The largest absolute Gasteiger partial charge is 0.295 e. The first-order valence-electron chi connectivity index (χ1n) is 4.28. The Labute approximate surface area is 82.5 Å². The first-order chi connectivity index (χ1) is 6.56. The van der Waals surface area contributed by atoms with Crippen LogP contribution in [0.2, 0.25) is 0 Å². The summed E-state index contributed by atoms with van der Waals surface area (Å²) in [6.45, 7) is 6.39. The third-order valence-corrected chi connectivity index (χ3v) is 1.96. The molecule has 4 heteroatoms. The first kappa shape index (κ1) is 10.4. The highest BCUT2D eigenvalue weighted by Gasteiger charge is 2.26. The zero-order valence-corrected chi connectivity index (χ0v) is 8.30. The van der Waals surface area contributed by atoms with E-state index in [1.807, 2.05) is 0 Å². The van der Waals surface area contributed by atoms with Gasteiger partial charge in [0.05, 0.1) is 6.20 Å². The van der Waals surface area contributed by atoms with Crippen LogP contribution in [0.25, 0.3) is 6.20 Å². The van der Waals surface area contributed by atoms with Crippen molar-refractivity contribution in [3.63, 3.8) is 0 Å². The summed E-state index contributed by atoms with van der Waals surface area (Å²) in [5.41, 5.74) is 0. The molecule has 0 aliphatic rings. The molecule has 1 rings (SSSR count). The third kappa shape index (κ3) is 1.96. The summed E-state index contributed by atoms with van der Waals surface area (Å²) in [6, 6.07) is -0.712. The zero-order valence-electron chi connectivity index (χ0n) is 8.30. The van der Waals surface area contributed by atoms with Crippen molar-refractivity contribution in [3.05, 3.63) is 25.3 Å². The molecule has 1 aromatic heterocycles. The van der Waals surface area contributed by atoms with Gasteiger partial charge in [0.15, 0.2) is 11.6 Å². The molecular weight excluding hydrogens is 180 g/mol. The number of ketones is 2. The lowest BCUT2D eigenvalue weighted by atomic mass is 10.1. The lowest BCUT2D eigenvalue weighted by molar-refractivity contribution is -0.694. The van der Waals surface area contributed by atoms with Crippen molar-refractivity contribution in [2.45, 2.75) is 19.9 Å². The van der Waals surface area contributed by atoms with Crippen molar-refractivity contribution in [3.8, 4) is 0 Å². The van der Waals surface area contributed by atoms with Crippen molar-refractivity contribution in [2.24, 2.45) is 0 Å². The molecule has 0 aliphatic carbocycles. The quantitative estimate of drug-likeness (QED) is 0.519. The second-order valence-corrected chi connectivity index (χ2v) is 3.11. The van der Waals surface area contributed by atoms with Gasteiger partial charge in [-0.2, -0.15) is 0 Å². The van der Waals surface area contributed by atoms with Crippen molar-refractivity contribution < 1.29 is 14.2 Å². The minimum atomic E-state index is -0.712. The van der Waals surface area contributed by atoms with E-state index in [-0.39, 0.29) is 11.6 Å². The van der Waals surface area contributed by atoms with E-state index in [0.29, 0.717) is 0 Å². The van der Waals surface area contributed by atoms with E-state index in [0.717, 1.165) is 0 Å². The lowest BCUT2D eigenvalue weighted by Gasteiger charge is -2.04. The van der Waals surface area contributed by atoms with Gasteiger partial charge in [0, 0.05) is 0 Å². The Hall–Kier alpha value is -1.71. The Kier molecular flexibility index (Phi) is 2.96. The Morgan fingerprint density at radius 1 is 1.43 bits per heavy atom. The molecule has 0 aromatic carbocycles. The summed E-state index contributed by atoms with van der Waals surface area (Å²) in [4.78, 5) is 22.4. The molecule has 0 amide bonds. The summed E-state index contributed by atoms with van der Waals surface area (Å²) in [6.07, 6.45) is 6.65. The highest BCUT2D eigenvalue weighted by molar-refractivity contribution is 6.00. The van der Waals surface area contributed by atoms with Crippen LogP contribution in [0.5, 0.6) is 0 Å². The second kappa shape index (κ2) is 4.00. The number of nitrogens with zero attached hydrogens (tertiary/aromatic N) is 2. The summed E-state index contributed by atoms with van der Waals surface area (Å²) < 4.78 is 3.26. The van der Waals surface area contributed by atoms with Crippen molar-refractivity contribution in [1.29, 1.82) is 0 Å². The molecular formula is C10H13N2O2+. The van der Waals surface area contributed by atoms with Gasteiger partial charge in [-0.15, -0.1) is 0 Å². The lowest BCUT2D eigenvalue weighted by Crippen LogP contribution is -2.45. The highest BCUT2D eigenvalue weighted by Crippen LogP contribution is 2.00. The number of aromatic nitrogens is 2. The fourth-order valence-corrected chi connectivity index (χ4v) is 1.35. The van der Waals surface area contributed by atoms with Gasteiger partial charge in [-0.05, 0) is 13.8 Å². The van der Waals surface area contributed by atoms with Crippen molar-refractivity contribution in [1.82, 2.24) is 4.57 Å². The smallest absolute Gasteiger partial charge is 0.249 e. The average molecular weight is 193 g/mol. The van der Waals surface area contributed by atoms with Gasteiger partial charge in [-0.3, -0.25) is 9.59 Å². The van der Waals surface area contributed by atoms with Crippen LogP contribution in [0, 0.1) is 0 Å². The van der Waals surface area contributed by atoms with Crippen LogP contribution in [-0.4, -0.2) is 16.1 Å². The van der Waals surface area contributed by atoms with Crippen LogP contribution in [0.4, 0.5) is 0 Å². The van der Waals surface area contributed by atoms with Gasteiger partial charge in [0.2, 0.25) is 12.4 Å². The van der Waals surface area contributed by atoms with Gasteiger partial charge < -0.3 is 0 Å². The summed E-state index contributed by atoms with van der Waals surface area (Å²) in [7, 11) is 0. The van der Waals surface area contributed by atoms with E-state index in [1.54, 1.807) is 34.1 Å². The molecule has 0 saturated carbocycles. The maximum Gasteiger partial charge on any atom is 0.249 e. The van der Waals surface area contributed by atoms with E-state index in [9.17, 15) is 9.59 Å². The molecule has 0 atom stereocenters. The molecule has 4 nitrogen and oxygen atoms in total. The summed E-state index contributed by atoms with van der Waals surface area (Å²) >= 11 is 0. The van der Waals surface area contributed by atoms with Crippen molar-refractivity contribution in [2.75, 3.05) is 0 Å². The van der Waals surface area contributed by atoms with Gasteiger partial charge in [-0.1, -0.05) is 6.58 Å². The van der Waals surface area contributed by atoms with E-state index in [1.165, 1.54) is 13.8 Å². The predicted octanol–water partition coefficient (Wildman–Crippen LogP) is 0.595. The zero-order chi connectivity index (χ0) is 10.7. The topological polar surface area (TPSA) is 43.0 Å². The van der Waals surface area contributed by atoms with Gasteiger partial charge in [0.25, 0.3) is 0 Å². The van der Waals surface area contributed by atoms with Crippen LogP contribution >= 0.6 is 0 Å². The third-order valence-electron chi connectivity index (χ3n) is 1.96. The minimum Gasteiger partial charge on any atom is -0.295 e. The molecule has 0 N–H and O–H groups in total. The Morgan fingerprint density at radius 3 is 2.36 bits per heavy atom. The fourth-order valence-electron chi connectivity index (χ4n) is 1.35. The van der Waals surface area contributed by atoms with Crippen LogP contribution in [0.1, 0.15) is 19.9 Å². The van der Waals surface area contributed by atoms with Crippen LogP contribution in [0.3, 0.4) is 0 Å². The van der Waals surface area contributed by atoms with E-state index < -0.39 is 6.04 Å². The summed E-state index contributed by atoms with van der Waals surface area (Å²) in [5.74, 6) is -0.325. The van der Waals surface area contributed by atoms with Crippen LogP contribution < -0.4 is 4.57 Å². The van der Waals surface area contributed by atoms with Crippen LogP contribution in [0.15, 0.2) is 25.3 Å². The molecule has 14 heavy (non-hydrogen) atoms. The minimum absolute atomic E-state index is 0.163. The number of rotatable bonds is 4. The number of hydrogen-bond donors (Lipinski definition) is 0. The number of imidazole rings is 1. The van der Waals surface area contributed by atoms with Gasteiger partial charge in [0.1, 0.15) is 12.4 Å². The molecule has 0 radical (unpaired) electrons. The second-order valence-electron chi connectivity index (χ2n) is 3.11. The molecule has 0 unspecified atom stereocenters. The van der Waals surface area contributed by atoms with Gasteiger partial charge in [-0.25, -0.2) is 9.13 Å². The van der Waals surface area contributed by atoms with E-state index in [2.05, 4.69) is 6.58 Å². The predicted molar refractivity (Wildman–Crippen MR) is 51.4 cm³/mol. The SMILES string of the molecule is C=Cn1cc[n+](C(C(C)=O)C(C)=O)c1. The normalized spacial score (nSPS) is 10.2. The molecule has 1 aromatic rings. The maximum absolute atomic E-state index is 11.2. The number of hydrogen-bond acceptors (Lipinski definition) is 2. The van der Waals surface area contributed by atoms with Crippen molar-refractivity contribution >= 4 is 17.8 Å². The molecule has 74 valence electrons. The summed E-state index contributed by atoms with van der Waals surface area (Å²) in [5, 5.41) is 0. The van der Waals surface area contributed by atoms with E-state index >= 15 is 0 Å². The highest BCUT2D eigenvalue weighted by atomic mass is 16.2. The molecule has 1 heterocycles. The number of carbonyl (C=O) groups excluding carboxylic acids is 2.